The maximum Gasteiger partial charge on any atom is 0.101 e. The molecule has 1 aliphatic carbocycles. The van der Waals surface area contributed by atoms with Crippen LogP contribution in [0.15, 0.2) is 12.1 Å². The van der Waals surface area contributed by atoms with Crippen molar-refractivity contribution in [2.75, 3.05) is 0 Å². The van der Waals surface area contributed by atoms with E-state index >= 15 is 0 Å². The summed E-state index contributed by atoms with van der Waals surface area (Å²) in [7, 11) is 0. The molecule has 1 aromatic carbocycles. The topological polar surface area (TPSA) is 49.8 Å². The van der Waals surface area contributed by atoms with Crippen molar-refractivity contribution in [1.82, 2.24) is 0 Å². The highest BCUT2D eigenvalue weighted by Gasteiger charge is 2.23. The van der Waals surface area contributed by atoms with Crippen LogP contribution in [0.25, 0.3) is 0 Å². The predicted molar refractivity (Wildman–Crippen MR) is 51.4 cm³/mol. The average Bonchev–Trinajstić information content (AvgIpc) is 2.49. The molecule has 2 rings (SSSR count). The van der Waals surface area contributed by atoms with Gasteiger partial charge in [-0.3, -0.25) is 0 Å². The Kier molecular flexibility index (Phi) is 1.99. The molecule has 13 heavy (non-hydrogen) atoms. The molecular formula is C10H9ClN2. The summed E-state index contributed by atoms with van der Waals surface area (Å²) in [6, 6.07) is 5.78. The Labute approximate surface area is 81.9 Å². The molecule has 0 radical (unpaired) electrons. The van der Waals surface area contributed by atoms with Crippen LogP contribution < -0.4 is 5.73 Å². The SMILES string of the molecule is N#Cc1ccc2c(c1Cl)[C@@H](N)CC2. The van der Waals surface area contributed by atoms with Crippen LogP contribution in [-0.4, -0.2) is 0 Å². The fourth-order valence-corrected chi connectivity index (χ4v) is 2.16. The summed E-state index contributed by atoms with van der Waals surface area (Å²) in [6.07, 6.45) is 1.91. The summed E-state index contributed by atoms with van der Waals surface area (Å²) >= 11 is 6.05. The molecule has 0 spiro atoms. The lowest BCUT2D eigenvalue weighted by Crippen LogP contribution is -2.06. The fraction of sp³-hybridized carbons (Fsp3) is 0.300. The zero-order valence-corrected chi connectivity index (χ0v) is 7.80. The zero-order chi connectivity index (χ0) is 9.42. The third kappa shape index (κ3) is 1.21. The largest absolute Gasteiger partial charge is 0.324 e. The van der Waals surface area contributed by atoms with Gasteiger partial charge in [-0.05, 0) is 30.0 Å². The van der Waals surface area contributed by atoms with Gasteiger partial charge in [-0.25, -0.2) is 0 Å². The second-order valence-corrected chi connectivity index (χ2v) is 3.63. The number of nitriles is 1. The summed E-state index contributed by atoms with van der Waals surface area (Å²) in [5.74, 6) is 0. The average molecular weight is 193 g/mol. The first kappa shape index (κ1) is 8.55. The van der Waals surface area contributed by atoms with Crippen LogP contribution >= 0.6 is 11.6 Å². The van der Waals surface area contributed by atoms with E-state index in [1.54, 1.807) is 6.07 Å². The van der Waals surface area contributed by atoms with Crippen LogP contribution in [0.3, 0.4) is 0 Å². The first-order chi connectivity index (χ1) is 6.24. The molecule has 2 N–H and O–H groups in total. The van der Waals surface area contributed by atoms with Crippen LogP contribution in [-0.2, 0) is 6.42 Å². The molecule has 2 nitrogen and oxygen atoms in total. The van der Waals surface area contributed by atoms with Gasteiger partial charge in [-0.2, -0.15) is 5.26 Å². The highest BCUT2D eigenvalue weighted by Crippen LogP contribution is 2.36. The molecule has 1 aliphatic rings. The monoisotopic (exact) mass is 192 g/mol. The number of nitrogens with two attached hydrogens (primary N) is 1. The maximum atomic E-state index is 8.76. The molecule has 0 fully saturated rings. The molecular weight excluding hydrogens is 184 g/mol. The third-order valence-corrected chi connectivity index (χ3v) is 2.89. The van der Waals surface area contributed by atoms with E-state index in [1.165, 1.54) is 5.56 Å². The zero-order valence-electron chi connectivity index (χ0n) is 7.05. The summed E-state index contributed by atoms with van der Waals surface area (Å²) in [4.78, 5) is 0. The maximum absolute atomic E-state index is 8.76. The van der Waals surface area contributed by atoms with Crippen molar-refractivity contribution < 1.29 is 0 Å². The van der Waals surface area contributed by atoms with Crippen molar-refractivity contribution in [1.29, 1.82) is 5.26 Å². The van der Waals surface area contributed by atoms with Gasteiger partial charge in [-0.15, -0.1) is 0 Å². The standard InChI is InChI=1S/C10H9ClN2/c11-10-7(5-12)2-1-6-3-4-8(13)9(6)10/h1-2,8H,3-4,13H2/t8-/m0/s1. The molecule has 0 heterocycles. The number of nitrogens with zero attached hydrogens (tertiary/aromatic N) is 1. The quantitative estimate of drug-likeness (QED) is 0.685. The number of rotatable bonds is 0. The van der Waals surface area contributed by atoms with Gasteiger partial charge >= 0.3 is 0 Å². The Hall–Kier alpha value is -1.04. The van der Waals surface area contributed by atoms with Crippen LogP contribution in [0.4, 0.5) is 0 Å². The van der Waals surface area contributed by atoms with Crippen molar-refractivity contribution in [3.8, 4) is 6.07 Å². The lowest BCUT2D eigenvalue weighted by atomic mass is 10.1. The molecule has 3 heteroatoms. The highest BCUT2D eigenvalue weighted by molar-refractivity contribution is 6.32. The first-order valence-electron chi connectivity index (χ1n) is 4.21. The van der Waals surface area contributed by atoms with Gasteiger partial charge in [0.1, 0.15) is 6.07 Å². The minimum Gasteiger partial charge on any atom is -0.324 e. The number of fused-ring (bicyclic) bond motifs is 1. The summed E-state index contributed by atoms with van der Waals surface area (Å²) in [5.41, 5.74) is 8.57. The first-order valence-corrected chi connectivity index (χ1v) is 4.59. The van der Waals surface area contributed by atoms with E-state index in [4.69, 9.17) is 22.6 Å². The number of hydrogen-bond donors (Lipinski definition) is 1. The molecule has 0 bridgehead atoms. The Bertz CT molecular complexity index is 393. The third-order valence-electron chi connectivity index (χ3n) is 2.49. The van der Waals surface area contributed by atoms with E-state index < -0.39 is 0 Å². The van der Waals surface area contributed by atoms with E-state index in [1.807, 2.05) is 6.07 Å². The van der Waals surface area contributed by atoms with Crippen molar-refractivity contribution >= 4 is 11.6 Å². The van der Waals surface area contributed by atoms with Crippen molar-refractivity contribution in [2.24, 2.45) is 5.73 Å². The second kappa shape index (κ2) is 3.02. The van der Waals surface area contributed by atoms with Crippen molar-refractivity contribution in [3.63, 3.8) is 0 Å². The Balaban J connectivity index is 2.65. The van der Waals surface area contributed by atoms with E-state index in [0.29, 0.717) is 10.6 Å². The van der Waals surface area contributed by atoms with Gasteiger partial charge in [-0.1, -0.05) is 17.7 Å². The fourth-order valence-electron chi connectivity index (χ4n) is 1.79. The van der Waals surface area contributed by atoms with E-state index in [2.05, 4.69) is 6.07 Å². The summed E-state index contributed by atoms with van der Waals surface area (Å²) < 4.78 is 0. The van der Waals surface area contributed by atoms with Crippen LogP contribution in [0.2, 0.25) is 5.02 Å². The predicted octanol–water partition coefficient (Wildman–Crippen LogP) is 2.16. The molecule has 1 atom stereocenters. The lowest BCUT2D eigenvalue weighted by molar-refractivity contribution is 0.713. The van der Waals surface area contributed by atoms with Gasteiger partial charge < -0.3 is 5.73 Å². The van der Waals surface area contributed by atoms with Crippen molar-refractivity contribution in [3.05, 3.63) is 33.8 Å². The van der Waals surface area contributed by atoms with Crippen LogP contribution in [0.5, 0.6) is 0 Å². The summed E-state index contributed by atoms with van der Waals surface area (Å²) in [5, 5.41) is 9.31. The highest BCUT2D eigenvalue weighted by atomic mass is 35.5. The lowest BCUT2D eigenvalue weighted by Gasteiger charge is -2.07. The molecule has 0 aromatic heterocycles. The molecule has 0 unspecified atom stereocenters. The minimum atomic E-state index is 0.01000. The van der Waals surface area contributed by atoms with Crippen molar-refractivity contribution in [2.45, 2.75) is 18.9 Å². The van der Waals surface area contributed by atoms with Gasteiger partial charge in [0.05, 0.1) is 10.6 Å². The number of hydrogen-bond acceptors (Lipinski definition) is 2. The smallest absolute Gasteiger partial charge is 0.101 e. The number of benzene rings is 1. The van der Waals surface area contributed by atoms with Crippen LogP contribution in [0, 0.1) is 11.3 Å². The molecule has 0 aliphatic heterocycles. The number of aryl methyl sites for hydroxylation is 1. The molecule has 0 amide bonds. The van der Waals surface area contributed by atoms with Gasteiger partial charge in [0.2, 0.25) is 0 Å². The molecule has 0 saturated carbocycles. The van der Waals surface area contributed by atoms with E-state index in [-0.39, 0.29) is 6.04 Å². The van der Waals surface area contributed by atoms with E-state index in [0.717, 1.165) is 18.4 Å². The second-order valence-electron chi connectivity index (χ2n) is 3.26. The Morgan fingerprint density at radius 2 is 2.31 bits per heavy atom. The van der Waals surface area contributed by atoms with Gasteiger partial charge in [0, 0.05) is 6.04 Å². The molecule has 66 valence electrons. The van der Waals surface area contributed by atoms with Crippen LogP contribution in [0.1, 0.15) is 29.2 Å². The molecule has 1 aromatic rings. The van der Waals surface area contributed by atoms with E-state index in [9.17, 15) is 0 Å². The summed E-state index contributed by atoms with van der Waals surface area (Å²) in [6.45, 7) is 0. The molecule has 0 saturated heterocycles. The number of halogens is 1. The Morgan fingerprint density at radius 1 is 1.54 bits per heavy atom. The van der Waals surface area contributed by atoms with Gasteiger partial charge in [0.15, 0.2) is 0 Å². The Morgan fingerprint density at radius 3 is 3.00 bits per heavy atom. The minimum absolute atomic E-state index is 0.01000. The normalized spacial score (nSPS) is 19.6. The van der Waals surface area contributed by atoms with Gasteiger partial charge in [0.25, 0.3) is 0 Å².